The molecule has 1 aromatic carbocycles. The fourth-order valence-electron chi connectivity index (χ4n) is 2.97. The van der Waals surface area contributed by atoms with E-state index in [9.17, 15) is 14.4 Å². The minimum absolute atomic E-state index is 0.187. The van der Waals surface area contributed by atoms with Gasteiger partial charge in [0.25, 0.3) is 5.91 Å². The molecule has 0 bridgehead atoms. The lowest BCUT2D eigenvalue weighted by Gasteiger charge is -2.37. The van der Waals surface area contributed by atoms with Gasteiger partial charge in [0.05, 0.1) is 6.26 Å². The molecule has 142 valence electrons. The predicted octanol–water partition coefficient (Wildman–Crippen LogP) is 2.23. The lowest BCUT2D eigenvalue weighted by atomic mass is 9.89. The number of para-hydroxylation sites is 1. The molecule has 1 N–H and O–H groups in total. The predicted molar refractivity (Wildman–Crippen MR) is 100 cm³/mol. The fourth-order valence-corrected chi connectivity index (χ4v) is 2.97. The van der Waals surface area contributed by atoms with Crippen LogP contribution in [0.3, 0.4) is 0 Å². The van der Waals surface area contributed by atoms with E-state index in [-0.39, 0.29) is 23.5 Å². The molecule has 1 saturated heterocycles. The van der Waals surface area contributed by atoms with Crippen molar-refractivity contribution in [3.63, 3.8) is 0 Å². The second-order valence-corrected chi connectivity index (χ2v) is 7.01. The molecule has 2 heterocycles. The quantitative estimate of drug-likeness (QED) is 0.838. The van der Waals surface area contributed by atoms with Gasteiger partial charge in [0.15, 0.2) is 5.76 Å². The van der Waals surface area contributed by atoms with Crippen LogP contribution in [0.1, 0.15) is 24.4 Å². The van der Waals surface area contributed by atoms with E-state index in [1.165, 1.54) is 6.26 Å². The van der Waals surface area contributed by atoms with Gasteiger partial charge in [-0.1, -0.05) is 18.2 Å². The Kier molecular flexibility index (Phi) is 5.30. The van der Waals surface area contributed by atoms with Crippen molar-refractivity contribution < 1.29 is 18.8 Å². The smallest absolute Gasteiger partial charge is 0.289 e. The summed E-state index contributed by atoms with van der Waals surface area (Å²) in [4.78, 5) is 41.1. The molecule has 0 spiro atoms. The Bertz CT molecular complexity index is 807. The number of hydrogen-bond donors (Lipinski definition) is 1. The number of hydrogen-bond acceptors (Lipinski definition) is 4. The van der Waals surface area contributed by atoms with E-state index in [2.05, 4.69) is 5.32 Å². The number of amides is 3. The van der Waals surface area contributed by atoms with Crippen LogP contribution >= 0.6 is 0 Å². The summed E-state index contributed by atoms with van der Waals surface area (Å²) in [5.41, 5.74) is -0.555. The fraction of sp³-hybridized carbons (Fsp3) is 0.350. The van der Waals surface area contributed by atoms with Crippen molar-refractivity contribution >= 4 is 23.4 Å². The SMILES string of the molecule is CC(C)(C(=O)Nc1ccccc1)C(=O)N1CCN(C(=O)c2ccco2)CC1. The van der Waals surface area contributed by atoms with Gasteiger partial charge in [0.1, 0.15) is 5.41 Å². The number of furan rings is 1. The highest BCUT2D eigenvalue weighted by Gasteiger charge is 2.40. The third kappa shape index (κ3) is 4.02. The van der Waals surface area contributed by atoms with Gasteiger partial charge in [-0.2, -0.15) is 0 Å². The minimum Gasteiger partial charge on any atom is -0.459 e. The molecule has 7 heteroatoms. The van der Waals surface area contributed by atoms with E-state index >= 15 is 0 Å². The maximum Gasteiger partial charge on any atom is 0.289 e. The highest BCUT2D eigenvalue weighted by atomic mass is 16.3. The van der Waals surface area contributed by atoms with Gasteiger partial charge in [0.2, 0.25) is 11.8 Å². The van der Waals surface area contributed by atoms with Gasteiger partial charge >= 0.3 is 0 Å². The molecule has 3 rings (SSSR count). The average Bonchev–Trinajstić information content (AvgIpc) is 3.22. The first-order chi connectivity index (χ1) is 12.9. The van der Waals surface area contributed by atoms with Gasteiger partial charge in [0, 0.05) is 31.9 Å². The minimum atomic E-state index is -1.21. The van der Waals surface area contributed by atoms with E-state index < -0.39 is 5.41 Å². The van der Waals surface area contributed by atoms with E-state index in [1.807, 2.05) is 18.2 Å². The van der Waals surface area contributed by atoms with Gasteiger partial charge in [-0.3, -0.25) is 14.4 Å². The van der Waals surface area contributed by atoms with Crippen LogP contribution in [0.2, 0.25) is 0 Å². The summed E-state index contributed by atoms with van der Waals surface area (Å²) in [5, 5.41) is 2.78. The third-order valence-electron chi connectivity index (χ3n) is 4.72. The van der Waals surface area contributed by atoms with Crippen LogP contribution in [0.4, 0.5) is 5.69 Å². The van der Waals surface area contributed by atoms with Gasteiger partial charge < -0.3 is 19.5 Å². The summed E-state index contributed by atoms with van der Waals surface area (Å²) in [6.45, 7) is 4.81. The van der Waals surface area contributed by atoms with Crippen molar-refractivity contribution in [3.05, 3.63) is 54.5 Å². The average molecular weight is 369 g/mol. The largest absolute Gasteiger partial charge is 0.459 e. The zero-order valence-corrected chi connectivity index (χ0v) is 15.5. The van der Waals surface area contributed by atoms with Gasteiger partial charge in [-0.05, 0) is 38.1 Å². The van der Waals surface area contributed by atoms with Gasteiger partial charge in [-0.15, -0.1) is 0 Å². The summed E-state index contributed by atoms with van der Waals surface area (Å²) in [6.07, 6.45) is 1.46. The number of piperazine rings is 1. The van der Waals surface area contributed by atoms with E-state index in [1.54, 1.807) is 47.9 Å². The Morgan fingerprint density at radius 2 is 1.56 bits per heavy atom. The van der Waals surface area contributed by atoms with Crippen LogP contribution in [0.15, 0.2) is 53.1 Å². The summed E-state index contributed by atoms with van der Waals surface area (Å²) in [7, 11) is 0. The summed E-state index contributed by atoms with van der Waals surface area (Å²) in [5.74, 6) is -0.501. The Balaban J connectivity index is 1.59. The molecule has 0 saturated carbocycles. The number of rotatable bonds is 4. The molecular weight excluding hydrogens is 346 g/mol. The van der Waals surface area contributed by atoms with Crippen molar-refractivity contribution in [2.45, 2.75) is 13.8 Å². The van der Waals surface area contributed by atoms with Crippen molar-refractivity contribution in [1.82, 2.24) is 9.80 Å². The lowest BCUT2D eigenvalue weighted by Crippen LogP contribution is -2.55. The standard InChI is InChI=1S/C20H23N3O4/c1-20(2,18(25)21-15-7-4-3-5-8-15)19(26)23-12-10-22(11-13-23)17(24)16-9-6-14-27-16/h3-9,14H,10-13H2,1-2H3,(H,21,25). The maximum atomic E-state index is 12.9. The molecule has 7 nitrogen and oxygen atoms in total. The monoisotopic (exact) mass is 369 g/mol. The number of carbonyl (C=O) groups excluding carboxylic acids is 3. The van der Waals surface area contributed by atoms with Crippen molar-refractivity contribution in [1.29, 1.82) is 0 Å². The second kappa shape index (κ2) is 7.65. The zero-order valence-electron chi connectivity index (χ0n) is 15.5. The first-order valence-electron chi connectivity index (χ1n) is 8.88. The van der Waals surface area contributed by atoms with Crippen LogP contribution in [-0.4, -0.2) is 53.7 Å². The summed E-state index contributed by atoms with van der Waals surface area (Å²) >= 11 is 0. The summed E-state index contributed by atoms with van der Waals surface area (Å²) in [6, 6.07) is 12.3. The first-order valence-corrected chi connectivity index (χ1v) is 8.88. The first kappa shape index (κ1) is 18.7. The Morgan fingerprint density at radius 3 is 2.15 bits per heavy atom. The molecule has 1 aromatic heterocycles. The number of nitrogens with zero attached hydrogens (tertiary/aromatic N) is 2. The molecule has 0 radical (unpaired) electrons. The number of nitrogens with one attached hydrogen (secondary N) is 1. The molecular formula is C20H23N3O4. The topological polar surface area (TPSA) is 82.9 Å². The molecule has 2 aromatic rings. The number of benzene rings is 1. The lowest BCUT2D eigenvalue weighted by molar-refractivity contribution is -0.147. The molecule has 3 amide bonds. The van der Waals surface area contributed by atoms with Crippen molar-refractivity contribution in [2.75, 3.05) is 31.5 Å². The van der Waals surface area contributed by atoms with E-state index in [0.29, 0.717) is 31.9 Å². The number of anilines is 1. The second-order valence-electron chi connectivity index (χ2n) is 7.01. The highest BCUT2D eigenvalue weighted by Crippen LogP contribution is 2.23. The highest BCUT2D eigenvalue weighted by molar-refractivity contribution is 6.09. The Morgan fingerprint density at radius 1 is 0.926 bits per heavy atom. The van der Waals surface area contributed by atoms with E-state index in [4.69, 9.17) is 4.42 Å². The zero-order chi connectivity index (χ0) is 19.4. The normalized spacial score (nSPS) is 14.7. The van der Waals surface area contributed by atoms with Crippen LogP contribution < -0.4 is 5.32 Å². The summed E-state index contributed by atoms with van der Waals surface area (Å²) < 4.78 is 5.14. The molecule has 0 atom stereocenters. The van der Waals surface area contributed by atoms with E-state index in [0.717, 1.165) is 0 Å². The van der Waals surface area contributed by atoms with Crippen LogP contribution in [0.5, 0.6) is 0 Å². The molecule has 0 unspecified atom stereocenters. The molecule has 1 aliphatic heterocycles. The number of carbonyl (C=O) groups is 3. The van der Waals surface area contributed by atoms with Gasteiger partial charge in [-0.25, -0.2) is 0 Å². The molecule has 0 aliphatic carbocycles. The molecule has 1 fully saturated rings. The maximum absolute atomic E-state index is 12.9. The molecule has 1 aliphatic rings. The Hall–Kier alpha value is -3.09. The van der Waals surface area contributed by atoms with Crippen LogP contribution in [0.25, 0.3) is 0 Å². The van der Waals surface area contributed by atoms with Crippen molar-refractivity contribution in [3.8, 4) is 0 Å². The van der Waals surface area contributed by atoms with Crippen LogP contribution in [-0.2, 0) is 9.59 Å². The molecule has 27 heavy (non-hydrogen) atoms. The van der Waals surface area contributed by atoms with Crippen molar-refractivity contribution in [2.24, 2.45) is 5.41 Å². The van der Waals surface area contributed by atoms with Crippen LogP contribution in [0, 0.1) is 5.41 Å². The Labute approximate surface area is 157 Å². The third-order valence-corrected chi connectivity index (χ3v) is 4.72.